The van der Waals surface area contributed by atoms with E-state index in [0.717, 1.165) is 55.5 Å². The van der Waals surface area contributed by atoms with Gasteiger partial charge in [0.15, 0.2) is 0 Å². The first-order valence-electron chi connectivity index (χ1n) is 7.85. The Balaban J connectivity index is 2.28. The van der Waals surface area contributed by atoms with Crippen molar-refractivity contribution in [1.82, 2.24) is 9.55 Å². The number of aromatic nitrogens is 2. The van der Waals surface area contributed by atoms with Crippen molar-refractivity contribution in [2.45, 2.75) is 39.5 Å². The zero-order chi connectivity index (χ0) is 15.2. The highest BCUT2D eigenvalue weighted by Crippen LogP contribution is 2.23. The minimum absolute atomic E-state index is 0.606. The van der Waals surface area contributed by atoms with Crippen molar-refractivity contribution in [3.8, 4) is 0 Å². The Morgan fingerprint density at radius 1 is 1.33 bits per heavy atom. The molecule has 1 aromatic heterocycles. The fourth-order valence-corrected chi connectivity index (χ4v) is 2.74. The molecule has 1 heterocycles. The van der Waals surface area contributed by atoms with Crippen molar-refractivity contribution in [3.63, 3.8) is 0 Å². The molecule has 2 rings (SSSR count). The number of anilines is 1. The van der Waals surface area contributed by atoms with Crippen LogP contribution in [0.25, 0.3) is 11.0 Å². The van der Waals surface area contributed by atoms with Crippen LogP contribution in [0.4, 0.5) is 5.69 Å². The van der Waals surface area contributed by atoms with Crippen molar-refractivity contribution in [3.05, 3.63) is 24.0 Å². The van der Waals surface area contributed by atoms with Gasteiger partial charge >= 0.3 is 0 Å². The van der Waals surface area contributed by atoms with Crippen LogP contribution >= 0.6 is 0 Å². The number of carbonyl (C=O) groups excluding carboxylic acids is 1. The summed E-state index contributed by atoms with van der Waals surface area (Å²) in [5.74, 6) is 1.06. The van der Waals surface area contributed by atoms with Crippen molar-refractivity contribution in [2.24, 2.45) is 7.05 Å². The zero-order valence-electron chi connectivity index (χ0n) is 13.3. The lowest BCUT2D eigenvalue weighted by atomic mass is 10.2. The Labute approximate surface area is 126 Å². The van der Waals surface area contributed by atoms with E-state index >= 15 is 0 Å². The summed E-state index contributed by atoms with van der Waals surface area (Å²) >= 11 is 0. The van der Waals surface area contributed by atoms with Crippen molar-refractivity contribution in [2.75, 3.05) is 18.0 Å². The zero-order valence-corrected chi connectivity index (χ0v) is 13.3. The number of hydrogen-bond donors (Lipinski definition) is 0. The molecule has 4 nitrogen and oxygen atoms in total. The molecule has 114 valence electrons. The summed E-state index contributed by atoms with van der Waals surface area (Å²) in [4.78, 5) is 17.6. The van der Waals surface area contributed by atoms with E-state index in [-0.39, 0.29) is 0 Å². The van der Waals surface area contributed by atoms with Gasteiger partial charge in [0, 0.05) is 38.7 Å². The maximum absolute atomic E-state index is 10.4. The number of fused-ring (bicyclic) bond motifs is 1. The van der Waals surface area contributed by atoms with Gasteiger partial charge < -0.3 is 14.3 Å². The molecule has 21 heavy (non-hydrogen) atoms. The second kappa shape index (κ2) is 7.25. The highest BCUT2D eigenvalue weighted by atomic mass is 16.1. The highest BCUT2D eigenvalue weighted by Gasteiger charge is 2.10. The lowest BCUT2D eigenvalue weighted by molar-refractivity contribution is -0.107. The minimum Gasteiger partial charge on any atom is -0.372 e. The third-order valence-electron chi connectivity index (χ3n) is 3.92. The van der Waals surface area contributed by atoms with E-state index in [0.29, 0.717) is 6.42 Å². The van der Waals surface area contributed by atoms with E-state index in [2.05, 4.69) is 48.6 Å². The molecule has 2 aromatic rings. The average Bonchev–Trinajstić information content (AvgIpc) is 2.81. The van der Waals surface area contributed by atoms with Gasteiger partial charge in [-0.1, -0.05) is 6.92 Å². The Kier molecular flexibility index (Phi) is 5.37. The fourth-order valence-electron chi connectivity index (χ4n) is 2.74. The molecule has 0 aliphatic rings. The van der Waals surface area contributed by atoms with Crippen LogP contribution < -0.4 is 4.90 Å². The summed E-state index contributed by atoms with van der Waals surface area (Å²) in [5, 5.41) is 0. The van der Waals surface area contributed by atoms with Crippen LogP contribution in [0.1, 0.15) is 38.9 Å². The van der Waals surface area contributed by atoms with Gasteiger partial charge in [-0.05, 0) is 38.0 Å². The average molecular weight is 287 g/mol. The number of imidazole rings is 1. The largest absolute Gasteiger partial charge is 0.372 e. The van der Waals surface area contributed by atoms with Crippen LogP contribution in [0.2, 0.25) is 0 Å². The van der Waals surface area contributed by atoms with Crippen LogP contribution in [0.5, 0.6) is 0 Å². The molecular weight excluding hydrogens is 262 g/mol. The molecule has 0 radical (unpaired) electrons. The van der Waals surface area contributed by atoms with Crippen molar-refractivity contribution in [1.29, 1.82) is 0 Å². The van der Waals surface area contributed by atoms with Crippen LogP contribution in [-0.4, -0.2) is 28.9 Å². The van der Waals surface area contributed by atoms with Gasteiger partial charge in [-0.3, -0.25) is 0 Å². The van der Waals surface area contributed by atoms with Gasteiger partial charge in [0.25, 0.3) is 0 Å². The monoisotopic (exact) mass is 287 g/mol. The Bertz CT molecular complexity index is 603. The molecule has 0 saturated carbocycles. The van der Waals surface area contributed by atoms with E-state index in [1.165, 1.54) is 5.69 Å². The Morgan fingerprint density at radius 3 is 2.81 bits per heavy atom. The van der Waals surface area contributed by atoms with E-state index < -0.39 is 0 Å². The smallest absolute Gasteiger partial charge is 0.120 e. The maximum Gasteiger partial charge on any atom is 0.120 e. The number of rotatable bonds is 8. The predicted octanol–water partition coefficient (Wildman–Crippen LogP) is 3.33. The van der Waals surface area contributed by atoms with Crippen LogP contribution in [0.15, 0.2) is 18.2 Å². The van der Waals surface area contributed by atoms with Gasteiger partial charge in [-0.15, -0.1) is 0 Å². The molecular formula is C17H25N3O. The Morgan fingerprint density at radius 2 is 2.14 bits per heavy atom. The number of hydrogen-bond acceptors (Lipinski definition) is 3. The second-order valence-corrected chi connectivity index (χ2v) is 5.40. The molecule has 0 unspecified atom stereocenters. The number of aryl methyl sites for hydroxylation is 2. The molecule has 0 fully saturated rings. The molecule has 0 N–H and O–H groups in total. The first kappa shape index (κ1) is 15.5. The predicted molar refractivity (Wildman–Crippen MR) is 87.9 cm³/mol. The highest BCUT2D eigenvalue weighted by molar-refractivity contribution is 5.80. The second-order valence-electron chi connectivity index (χ2n) is 5.40. The quantitative estimate of drug-likeness (QED) is 0.552. The summed E-state index contributed by atoms with van der Waals surface area (Å²) in [6, 6.07) is 6.51. The SMILES string of the molecule is CCCN(CC)c1ccc2c(c1)nc(CCCC=O)n2C. The molecule has 0 atom stereocenters. The lowest BCUT2D eigenvalue weighted by Gasteiger charge is -2.22. The number of unbranched alkanes of at least 4 members (excludes halogenated alkanes) is 1. The van der Waals surface area contributed by atoms with Gasteiger partial charge in [-0.25, -0.2) is 4.98 Å². The number of carbonyl (C=O) groups is 1. The van der Waals surface area contributed by atoms with Gasteiger partial charge in [0.1, 0.15) is 12.1 Å². The molecule has 0 saturated heterocycles. The van der Waals surface area contributed by atoms with E-state index in [9.17, 15) is 4.79 Å². The van der Waals surface area contributed by atoms with Crippen LogP contribution in [-0.2, 0) is 18.3 Å². The van der Waals surface area contributed by atoms with E-state index in [4.69, 9.17) is 4.98 Å². The first-order valence-corrected chi connectivity index (χ1v) is 7.85. The third-order valence-corrected chi connectivity index (χ3v) is 3.92. The van der Waals surface area contributed by atoms with E-state index in [1.54, 1.807) is 0 Å². The number of benzene rings is 1. The molecule has 0 aliphatic heterocycles. The molecule has 0 bridgehead atoms. The van der Waals surface area contributed by atoms with Crippen LogP contribution in [0.3, 0.4) is 0 Å². The summed E-state index contributed by atoms with van der Waals surface area (Å²) in [6.45, 7) is 6.47. The summed E-state index contributed by atoms with van der Waals surface area (Å²) in [7, 11) is 2.05. The van der Waals surface area contributed by atoms with Crippen molar-refractivity contribution < 1.29 is 4.79 Å². The summed E-state index contributed by atoms with van der Waals surface area (Å²) < 4.78 is 2.14. The topological polar surface area (TPSA) is 38.1 Å². The number of aldehydes is 1. The minimum atomic E-state index is 0.606. The molecule has 0 aliphatic carbocycles. The maximum atomic E-state index is 10.4. The summed E-state index contributed by atoms with van der Waals surface area (Å²) in [6.07, 6.45) is 4.44. The summed E-state index contributed by atoms with van der Waals surface area (Å²) in [5.41, 5.74) is 3.45. The fraction of sp³-hybridized carbons (Fsp3) is 0.529. The van der Waals surface area contributed by atoms with Gasteiger partial charge in [-0.2, -0.15) is 0 Å². The molecule has 1 aromatic carbocycles. The van der Waals surface area contributed by atoms with Gasteiger partial charge in [0.05, 0.1) is 11.0 Å². The molecule has 0 spiro atoms. The first-order chi connectivity index (χ1) is 10.2. The Hall–Kier alpha value is -1.84. The van der Waals surface area contributed by atoms with E-state index in [1.807, 2.05) is 0 Å². The van der Waals surface area contributed by atoms with Gasteiger partial charge in [0.2, 0.25) is 0 Å². The van der Waals surface area contributed by atoms with Crippen molar-refractivity contribution >= 4 is 23.0 Å². The van der Waals surface area contributed by atoms with Crippen LogP contribution in [0, 0.1) is 0 Å². The third kappa shape index (κ3) is 3.43. The lowest BCUT2D eigenvalue weighted by Crippen LogP contribution is -2.23. The standard InChI is InChI=1S/C17H25N3O/c1-4-11-20(5-2)14-9-10-16-15(13-14)18-17(19(16)3)8-6-7-12-21/h9-10,12-13H,4-8,11H2,1-3H3. The molecule has 0 amide bonds. The molecule has 4 heteroatoms. The normalized spacial score (nSPS) is 11.0. The number of nitrogens with zero attached hydrogens (tertiary/aromatic N) is 3.